The number of methoxy groups -OCH3 is 1. The van der Waals surface area contributed by atoms with Gasteiger partial charge in [-0.1, -0.05) is 59.7 Å². The van der Waals surface area contributed by atoms with E-state index in [4.69, 9.17) is 18.3 Å². The third-order valence-corrected chi connectivity index (χ3v) is 19.6. The first-order valence-electron chi connectivity index (χ1n) is 13.0. The van der Waals surface area contributed by atoms with E-state index in [1.54, 1.807) is 30.3 Å². The van der Waals surface area contributed by atoms with E-state index < -0.39 is 56.1 Å². The Bertz CT molecular complexity index is 998. The summed E-state index contributed by atoms with van der Waals surface area (Å²) in [6.45, 7) is 21.9. The maximum absolute atomic E-state index is 13.8. The van der Waals surface area contributed by atoms with Crippen LogP contribution in [0.3, 0.4) is 0 Å². The van der Waals surface area contributed by atoms with E-state index in [0.717, 1.165) is 0 Å². The van der Waals surface area contributed by atoms with E-state index in [2.05, 4.69) is 67.7 Å². The van der Waals surface area contributed by atoms with E-state index in [0.29, 0.717) is 6.29 Å². The van der Waals surface area contributed by atoms with Crippen molar-refractivity contribution < 1.29 is 31.5 Å². The Kier molecular flexibility index (Phi) is 10.2. The van der Waals surface area contributed by atoms with Gasteiger partial charge in [-0.2, -0.15) is 0 Å². The lowest BCUT2D eigenvalue weighted by molar-refractivity contribution is -0.112. The number of aldehydes is 1. The molecule has 5 atom stereocenters. The molecule has 0 saturated carbocycles. The van der Waals surface area contributed by atoms with Crippen LogP contribution in [0.1, 0.15) is 48.0 Å². The molecular formula is C27H48O7SSi2. The average Bonchev–Trinajstić information content (AvgIpc) is 3.15. The Morgan fingerprint density at radius 3 is 1.97 bits per heavy atom. The summed E-state index contributed by atoms with van der Waals surface area (Å²) in [6, 6.07) is 8.28. The van der Waals surface area contributed by atoms with Crippen molar-refractivity contribution in [2.24, 2.45) is 0 Å². The summed E-state index contributed by atoms with van der Waals surface area (Å²) in [5.41, 5.74) is 0. The van der Waals surface area contributed by atoms with Gasteiger partial charge in [-0.15, -0.1) is 0 Å². The van der Waals surface area contributed by atoms with E-state index in [-0.39, 0.29) is 28.0 Å². The van der Waals surface area contributed by atoms with Gasteiger partial charge >= 0.3 is 0 Å². The van der Waals surface area contributed by atoms with Crippen LogP contribution in [0, 0.1) is 0 Å². The van der Waals surface area contributed by atoms with E-state index in [1.165, 1.54) is 7.11 Å². The van der Waals surface area contributed by atoms with Crippen molar-refractivity contribution >= 4 is 32.8 Å². The molecule has 1 fully saturated rings. The summed E-state index contributed by atoms with van der Waals surface area (Å²) in [4.78, 5) is 11.8. The first-order valence-corrected chi connectivity index (χ1v) is 20.4. The summed E-state index contributed by atoms with van der Waals surface area (Å²) < 4.78 is 53.4. The Hall–Kier alpha value is -0.886. The first kappa shape index (κ1) is 32.3. The highest BCUT2D eigenvalue weighted by Gasteiger charge is 2.56. The smallest absolute Gasteiger partial charge is 0.192 e. The molecule has 1 heterocycles. The molecule has 0 spiro atoms. The molecule has 0 radical (unpaired) electrons. The maximum Gasteiger partial charge on any atom is 0.192 e. The third kappa shape index (κ3) is 7.20. The molecular weight excluding hydrogens is 525 g/mol. The van der Waals surface area contributed by atoms with Crippen molar-refractivity contribution in [3.05, 3.63) is 30.3 Å². The molecule has 7 nitrogen and oxygen atoms in total. The van der Waals surface area contributed by atoms with Crippen LogP contribution in [0.5, 0.6) is 0 Å². The predicted molar refractivity (Wildman–Crippen MR) is 153 cm³/mol. The van der Waals surface area contributed by atoms with E-state index in [9.17, 15) is 13.2 Å². The van der Waals surface area contributed by atoms with Crippen molar-refractivity contribution in [3.8, 4) is 0 Å². The van der Waals surface area contributed by atoms with Crippen LogP contribution in [-0.2, 0) is 33.0 Å². The molecule has 0 aromatic heterocycles. The predicted octanol–water partition coefficient (Wildman–Crippen LogP) is 5.61. The molecule has 1 saturated heterocycles. The number of sulfone groups is 1. The fraction of sp³-hybridized carbons (Fsp3) is 0.741. The zero-order chi connectivity index (χ0) is 28.4. The van der Waals surface area contributed by atoms with Crippen LogP contribution in [0.2, 0.25) is 36.3 Å². The zero-order valence-corrected chi connectivity index (χ0v) is 27.3. The largest absolute Gasteiger partial charge is 0.414 e. The van der Waals surface area contributed by atoms with Crippen LogP contribution in [-0.4, -0.2) is 74.7 Å². The number of rotatable bonds is 11. The van der Waals surface area contributed by atoms with Crippen LogP contribution in [0.15, 0.2) is 35.2 Å². The quantitative estimate of drug-likeness (QED) is 0.251. The van der Waals surface area contributed by atoms with Crippen LogP contribution >= 0.6 is 0 Å². The zero-order valence-electron chi connectivity index (χ0n) is 24.5. The summed E-state index contributed by atoms with van der Waals surface area (Å²) in [7, 11) is -6.82. The Morgan fingerprint density at radius 1 is 0.973 bits per heavy atom. The molecule has 0 amide bonds. The number of hydrogen-bond donors (Lipinski definition) is 0. The van der Waals surface area contributed by atoms with Gasteiger partial charge in [0.15, 0.2) is 26.5 Å². The number of benzene rings is 1. The van der Waals surface area contributed by atoms with Crippen LogP contribution < -0.4 is 0 Å². The van der Waals surface area contributed by atoms with Gasteiger partial charge in [0, 0.05) is 13.5 Å². The minimum Gasteiger partial charge on any atom is -0.414 e. The van der Waals surface area contributed by atoms with Gasteiger partial charge in [0.2, 0.25) is 0 Å². The van der Waals surface area contributed by atoms with Crippen LogP contribution in [0.25, 0.3) is 0 Å². The highest BCUT2D eigenvalue weighted by Crippen LogP contribution is 2.42. The van der Waals surface area contributed by atoms with Crippen molar-refractivity contribution in [1.29, 1.82) is 0 Å². The van der Waals surface area contributed by atoms with Crippen molar-refractivity contribution in [2.45, 2.75) is 119 Å². The third-order valence-electron chi connectivity index (χ3n) is 8.41. The van der Waals surface area contributed by atoms with Gasteiger partial charge in [0.25, 0.3) is 0 Å². The van der Waals surface area contributed by atoms with Gasteiger partial charge < -0.3 is 23.1 Å². The molecule has 10 heteroatoms. The molecule has 0 aliphatic carbocycles. The van der Waals surface area contributed by atoms with Gasteiger partial charge in [0.05, 0.1) is 23.7 Å². The molecule has 1 aliphatic heterocycles. The first-order chi connectivity index (χ1) is 16.8. The second kappa shape index (κ2) is 11.7. The topological polar surface area (TPSA) is 88.1 Å². The number of carbonyl (C=O) groups excluding carboxylic acids is 1. The lowest BCUT2D eigenvalue weighted by Gasteiger charge is -2.43. The normalized spacial score (nSPS) is 24.7. The van der Waals surface area contributed by atoms with E-state index in [1.807, 2.05) is 0 Å². The summed E-state index contributed by atoms with van der Waals surface area (Å²) >= 11 is 0. The van der Waals surface area contributed by atoms with E-state index >= 15 is 0 Å². The fourth-order valence-corrected chi connectivity index (χ4v) is 8.38. The van der Waals surface area contributed by atoms with Crippen LogP contribution in [0.4, 0.5) is 0 Å². The SMILES string of the molecule is CO[C@@H]1C(S(=O)(=O)c2ccccc2)[C@H](CC=O)O[C@@H]1C(CO[Si](C)(C)C(C)(C)C)O[Si](C)(C)C(C)(C)C. The van der Waals surface area contributed by atoms with Gasteiger partial charge in [-0.25, -0.2) is 8.42 Å². The number of carbonyl (C=O) groups is 1. The average molecular weight is 573 g/mol. The monoisotopic (exact) mass is 572 g/mol. The number of ether oxygens (including phenoxy) is 2. The van der Waals surface area contributed by atoms with Crippen molar-refractivity contribution in [1.82, 2.24) is 0 Å². The Labute approximate surface area is 226 Å². The highest BCUT2D eigenvalue weighted by atomic mass is 32.2. The lowest BCUT2D eigenvalue weighted by atomic mass is 10.1. The summed E-state index contributed by atoms with van der Waals surface area (Å²) in [5, 5.41) is -1.14. The standard InChI is InChI=1S/C27H48O7SSi2/c1-26(2,3)36(8,9)32-19-22(34-37(10,11)27(4,5)6)23-24(31-7)25(21(33-23)17-18-28)35(29,30)20-15-13-12-14-16-20/h12-16,18,21-25H,17,19H2,1-11H3/t21-,22?,23+,24-,25?/m0/s1. The van der Waals surface area contributed by atoms with Crippen molar-refractivity contribution in [2.75, 3.05) is 13.7 Å². The molecule has 0 bridgehead atoms. The maximum atomic E-state index is 13.8. The highest BCUT2D eigenvalue weighted by molar-refractivity contribution is 7.92. The molecule has 0 N–H and O–H groups in total. The minimum absolute atomic E-state index is 0.00898. The molecule has 1 aliphatic rings. The molecule has 1 aromatic carbocycles. The minimum atomic E-state index is -3.86. The van der Waals surface area contributed by atoms with Gasteiger partial charge in [-0.3, -0.25) is 0 Å². The molecule has 2 rings (SSSR count). The molecule has 1 aromatic rings. The second-order valence-electron chi connectivity index (χ2n) is 13.1. The van der Waals surface area contributed by atoms with Gasteiger partial charge in [-0.05, 0) is 48.4 Å². The number of hydrogen-bond acceptors (Lipinski definition) is 7. The molecule has 212 valence electrons. The second-order valence-corrected chi connectivity index (χ2v) is 24.7. The Balaban J connectivity index is 2.55. The Morgan fingerprint density at radius 2 is 1.51 bits per heavy atom. The summed E-state index contributed by atoms with van der Waals surface area (Å²) in [5.74, 6) is 0. The lowest BCUT2D eigenvalue weighted by Crippen LogP contribution is -2.54. The fourth-order valence-electron chi connectivity index (χ4n) is 4.01. The molecule has 2 unspecified atom stereocenters. The molecule has 37 heavy (non-hydrogen) atoms. The summed E-state index contributed by atoms with van der Waals surface area (Å²) in [6.07, 6.45) is -2.28. The van der Waals surface area contributed by atoms with Gasteiger partial charge in [0.1, 0.15) is 23.7 Å². The van der Waals surface area contributed by atoms with Crippen molar-refractivity contribution in [3.63, 3.8) is 0 Å².